The minimum Gasteiger partial charge on any atom is -0.493 e. The Bertz CT molecular complexity index is 1180. The number of aromatic amines is 1. The Balaban J connectivity index is 1.98. The summed E-state index contributed by atoms with van der Waals surface area (Å²) in [6.45, 7) is 2.39. The molecule has 1 heterocycles. The van der Waals surface area contributed by atoms with Crippen molar-refractivity contribution in [2.75, 3.05) is 13.7 Å². The topological polar surface area (TPSA) is 68.4 Å². The van der Waals surface area contributed by atoms with Crippen molar-refractivity contribution in [2.45, 2.75) is 6.92 Å². The van der Waals surface area contributed by atoms with Crippen LogP contribution in [0.25, 0.3) is 12.2 Å². The van der Waals surface area contributed by atoms with Gasteiger partial charge in [-0.25, -0.2) is 0 Å². The summed E-state index contributed by atoms with van der Waals surface area (Å²) in [5.41, 5.74) is 0.915. The van der Waals surface area contributed by atoms with Crippen LogP contribution in [0.4, 0.5) is 0 Å². The number of methoxy groups -OCH3 is 1. The largest absolute Gasteiger partial charge is 0.493 e. The van der Waals surface area contributed by atoms with E-state index in [1.807, 2.05) is 13.0 Å². The number of aromatic nitrogens is 1. The van der Waals surface area contributed by atoms with Crippen molar-refractivity contribution in [2.24, 2.45) is 0 Å². The first-order valence-electron chi connectivity index (χ1n) is 8.54. The molecule has 28 heavy (non-hydrogen) atoms. The SMILES string of the molecule is CCOc1cc(/C=c2\s/c(=C\C(=O)c3ccccc3Cl)[nH]c2=O)ccc1OC. The molecule has 0 saturated carbocycles. The number of carbonyl (C=O) groups excluding carboxylic acids is 1. The number of ether oxygens (including phenoxy) is 2. The van der Waals surface area contributed by atoms with Gasteiger partial charge in [0.05, 0.1) is 27.9 Å². The normalized spacial score (nSPS) is 12.2. The first-order valence-corrected chi connectivity index (χ1v) is 9.73. The fourth-order valence-corrected chi connectivity index (χ4v) is 3.70. The molecule has 0 atom stereocenters. The molecule has 7 heteroatoms. The summed E-state index contributed by atoms with van der Waals surface area (Å²) < 4.78 is 11.8. The van der Waals surface area contributed by atoms with Crippen LogP contribution in [-0.4, -0.2) is 24.5 Å². The van der Waals surface area contributed by atoms with Gasteiger partial charge in [0.15, 0.2) is 17.3 Å². The standard InChI is InChI=1S/C21H18ClNO4S/c1-3-27-18-10-13(8-9-17(18)26-2)11-19-21(25)23-20(28-19)12-16(24)14-6-4-5-7-15(14)22/h4-12H,3H2,1-2H3,(H,23,25)/b19-11-,20-12-. The van der Waals surface area contributed by atoms with Crippen molar-refractivity contribution in [3.05, 3.63) is 78.2 Å². The van der Waals surface area contributed by atoms with Gasteiger partial charge in [-0.05, 0) is 42.8 Å². The smallest absolute Gasteiger partial charge is 0.266 e. The van der Waals surface area contributed by atoms with E-state index in [2.05, 4.69) is 4.98 Å². The number of nitrogens with one attached hydrogen (secondary N) is 1. The van der Waals surface area contributed by atoms with Crippen molar-refractivity contribution < 1.29 is 14.3 Å². The first-order chi connectivity index (χ1) is 13.5. The fourth-order valence-electron chi connectivity index (χ4n) is 2.58. The Morgan fingerprint density at radius 3 is 2.71 bits per heavy atom. The number of thiazole rings is 1. The van der Waals surface area contributed by atoms with Gasteiger partial charge < -0.3 is 14.5 Å². The van der Waals surface area contributed by atoms with Crippen LogP contribution in [0.1, 0.15) is 22.8 Å². The molecule has 0 bridgehead atoms. The lowest BCUT2D eigenvalue weighted by molar-refractivity contribution is 0.106. The lowest BCUT2D eigenvalue weighted by Crippen LogP contribution is -2.20. The van der Waals surface area contributed by atoms with Crippen LogP contribution in [-0.2, 0) is 0 Å². The Morgan fingerprint density at radius 1 is 1.21 bits per heavy atom. The van der Waals surface area contributed by atoms with Crippen LogP contribution in [0.15, 0.2) is 47.3 Å². The second-order valence-corrected chi connectivity index (χ2v) is 7.25. The highest BCUT2D eigenvalue weighted by Gasteiger charge is 2.08. The van der Waals surface area contributed by atoms with E-state index in [1.54, 1.807) is 49.6 Å². The van der Waals surface area contributed by atoms with Gasteiger partial charge in [-0.1, -0.05) is 29.8 Å². The van der Waals surface area contributed by atoms with Gasteiger partial charge in [-0.15, -0.1) is 11.3 Å². The van der Waals surface area contributed by atoms with E-state index >= 15 is 0 Å². The van der Waals surface area contributed by atoms with Crippen molar-refractivity contribution >= 4 is 40.9 Å². The molecule has 0 unspecified atom stereocenters. The Morgan fingerprint density at radius 2 is 2.00 bits per heavy atom. The van der Waals surface area contributed by atoms with E-state index in [9.17, 15) is 9.59 Å². The molecule has 0 spiro atoms. The van der Waals surface area contributed by atoms with Gasteiger partial charge in [0, 0.05) is 11.6 Å². The fraction of sp³-hybridized carbons (Fsp3) is 0.143. The number of carbonyl (C=O) groups is 1. The highest BCUT2D eigenvalue weighted by atomic mass is 35.5. The summed E-state index contributed by atoms with van der Waals surface area (Å²) in [7, 11) is 1.57. The maximum absolute atomic E-state index is 12.4. The predicted molar refractivity (Wildman–Crippen MR) is 112 cm³/mol. The molecule has 1 N–H and O–H groups in total. The summed E-state index contributed by atoms with van der Waals surface area (Å²) in [5, 5.41) is 0.371. The molecule has 0 aliphatic rings. The van der Waals surface area contributed by atoms with Gasteiger partial charge in [0.2, 0.25) is 0 Å². The maximum Gasteiger partial charge on any atom is 0.266 e. The van der Waals surface area contributed by atoms with Gasteiger partial charge in [0.25, 0.3) is 5.56 Å². The van der Waals surface area contributed by atoms with E-state index in [0.29, 0.717) is 37.9 Å². The van der Waals surface area contributed by atoms with Gasteiger partial charge in [-0.3, -0.25) is 9.59 Å². The molecule has 144 valence electrons. The highest BCUT2D eigenvalue weighted by Crippen LogP contribution is 2.28. The van der Waals surface area contributed by atoms with E-state index in [4.69, 9.17) is 21.1 Å². The molecular formula is C21H18ClNO4S. The molecule has 3 rings (SSSR count). The molecule has 5 nitrogen and oxygen atoms in total. The predicted octanol–water partition coefficient (Wildman–Crippen LogP) is 2.99. The van der Waals surface area contributed by atoms with Crippen LogP contribution in [0.3, 0.4) is 0 Å². The third-order valence-electron chi connectivity index (χ3n) is 3.87. The number of rotatable bonds is 6. The monoisotopic (exact) mass is 415 g/mol. The first kappa shape index (κ1) is 19.9. The third-order valence-corrected chi connectivity index (χ3v) is 5.16. The summed E-state index contributed by atoms with van der Waals surface area (Å²) in [6, 6.07) is 12.2. The number of hydrogen-bond acceptors (Lipinski definition) is 5. The second-order valence-electron chi connectivity index (χ2n) is 5.76. The molecule has 3 aromatic rings. The zero-order valence-electron chi connectivity index (χ0n) is 15.3. The summed E-state index contributed by atoms with van der Waals surface area (Å²) in [5.74, 6) is 0.962. The number of benzene rings is 2. The zero-order chi connectivity index (χ0) is 20.1. The molecule has 0 aliphatic heterocycles. The number of halogens is 1. The number of ketones is 1. The molecular weight excluding hydrogens is 398 g/mol. The summed E-state index contributed by atoms with van der Waals surface area (Å²) in [6.07, 6.45) is 3.12. The van der Waals surface area contributed by atoms with Gasteiger partial charge in [-0.2, -0.15) is 0 Å². The van der Waals surface area contributed by atoms with Crippen molar-refractivity contribution in [1.82, 2.24) is 4.98 Å². The second kappa shape index (κ2) is 8.91. The van der Waals surface area contributed by atoms with Crippen LogP contribution in [0.2, 0.25) is 5.02 Å². The minimum atomic E-state index is -0.267. The zero-order valence-corrected chi connectivity index (χ0v) is 16.9. The van der Waals surface area contributed by atoms with E-state index in [1.165, 1.54) is 17.4 Å². The Labute approximate surface area is 170 Å². The van der Waals surface area contributed by atoms with E-state index in [-0.39, 0.29) is 11.3 Å². The van der Waals surface area contributed by atoms with E-state index < -0.39 is 0 Å². The Hall–Kier alpha value is -2.83. The van der Waals surface area contributed by atoms with Gasteiger partial charge in [0.1, 0.15) is 0 Å². The third kappa shape index (κ3) is 4.52. The lowest BCUT2D eigenvalue weighted by atomic mass is 10.1. The molecule has 0 aliphatic carbocycles. The van der Waals surface area contributed by atoms with Crippen LogP contribution >= 0.6 is 22.9 Å². The van der Waals surface area contributed by atoms with Crippen LogP contribution in [0, 0.1) is 0 Å². The molecule has 1 aromatic heterocycles. The minimum absolute atomic E-state index is 0.266. The Kier molecular flexibility index (Phi) is 6.34. The van der Waals surface area contributed by atoms with Crippen LogP contribution < -0.4 is 24.2 Å². The van der Waals surface area contributed by atoms with Crippen LogP contribution in [0.5, 0.6) is 11.5 Å². The average Bonchev–Trinajstić information content (AvgIpc) is 3.01. The number of hydrogen-bond donors (Lipinski definition) is 1. The quantitative estimate of drug-likeness (QED) is 0.628. The molecule has 0 fully saturated rings. The lowest BCUT2D eigenvalue weighted by Gasteiger charge is -2.09. The number of H-pyrrole nitrogens is 1. The summed E-state index contributed by atoms with van der Waals surface area (Å²) >= 11 is 7.25. The molecule has 0 amide bonds. The van der Waals surface area contributed by atoms with Gasteiger partial charge >= 0.3 is 0 Å². The molecule has 0 radical (unpaired) electrons. The van der Waals surface area contributed by atoms with Crippen molar-refractivity contribution in [3.8, 4) is 11.5 Å². The maximum atomic E-state index is 12.4. The van der Waals surface area contributed by atoms with Crippen molar-refractivity contribution in [3.63, 3.8) is 0 Å². The van der Waals surface area contributed by atoms with Crippen molar-refractivity contribution in [1.29, 1.82) is 0 Å². The molecule has 0 saturated heterocycles. The number of Topliss-reactive ketones (excluding diaryl/α,β-unsaturated/α-hetero) is 1. The average molecular weight is 416 g/mol. The highest BCUT2D eigenvalue weighted by molar-refractivity contribution is 7.07. The van der Waals surface area contributed by atoms with E-state index in [0.717, 1.165) is 5.56 Å². The summed E-state index contributed by atoms with van der Waals surface area (Å²) in [4.78, 5) is 27.4. The molecule has 2 aromatic carbocycles.